The van der Waals surface area contributed by atoms with Crippen LogP contribution in [0.15, 0.2) is 22.7 Å². The molecule has 0 aromatic heterocycles. The van der Waals surface area contributed by atoms with E-state index < -0.39 is 5.82 Å². The smallest absolute Gasteiger partial charge is 0.251 e. The van der Waals surface area contributed by atoms with Crippen LogP contribution in [0.3, 0.4) is 0 Å². The SMILES string of the molecule is O=C(NCC1(CCl)CC1)c1cc(F)cc(Br)c1. The number of carbonyl (C=O) groups excluding carboxylic acids is 1. The Balaban J connectivity index is 1.99. The van der Waals surface area contributed by atoms with Gasteiger partial charge in [0.05, 0.1) is 0 Å². The third kappa shape index (κ3) is 3.19. The number of alkyl halides is 1. The molecule has 92 valence electrons. The fraction of sp³-hybridized carbons (Fsp3) is 0.417. The minimum absolute atomic E-state index is 0.0712. The molecular weight excluding hydrogens is 308 g/mol. The van der Waals surface area contributed by atoms with Crippen LogP contribution >= 0.6 is 27.5 Å². The molecule has 0 spiro atoms. The van der Waals surface area contributed by atoms with Gasteiger partial charge in [-0.05, 0) is 31.0 Å². The number of nitrogens with one attached hydrogen (secondary N) is 1. The molecular formula is C12H12BrClFNO. The molecule has 2 nitrogen and oxygen atoms in total. The number of hydrogen-bond acceptors (Lipinski definition) is 1. The Kier molecular flexibility index (Phi) is 3.73. The first-order valence-electron chi connectivity index (χ1n) is 5.35. The molecule has 1 fully saturated rings. The van der Waals surface area contributed by atoms with Crippen LogP contribution in [-0.4, -0.2) is 18.3 Å². The molecule has 1 amide bonds. The van der Waals surface area contributed by atoms with Crippen molar-refractivity contribution in [1.82, 2.24) is 5.32 Å². The third-order valence-electron chi connectivity index (χ3n) is 2.99. The van der Waals surface area contributed by atoms with Crippen molar-refractivity contribution in [2.75, 3.05) is 12.4 Å². The normalized spacial score (nSPS) is 16.6. The Morgan fingerprint density at radius 2 is 2.18 bits per heavy atom. The van der Waals surface area contributed by atoms with Crippen molar-refractivity contribution < 1.29 is 9.18 Å². The van der Waals surface area contributed by atoms with Gasteiger partial charge in [-0.2, -0.15) is 0 Å². The minimum Gasteiger partial charge on any atom is -0.351 e. The van der Waals surface area contributed by atoms with E-state index in [2.05, 4.69) is 21.2 Å². The summed E-state index contributed by atoms with van der Waals surface area (Å²) in [5.41, 5.74) is 0.393. The average molecular weight is 321 g/mol. The molecule has 0 atom stereocenters. The van der Waals surface area contributed by atoms with E-state index in [1.165, 1.54) is 12.1 Å². The maximum absolute atomic E-state index is 13.1. The van der Waals surface area contributed by atoms with Crippen LogP contribution < -0.4 is 5.32 Å². The Morgan fingerprint density at radius 1 is 1.47 bits per heavy atom. The maximum Gasteiger partial charge on any atom is 0.251 e. The first-order chi connectivity index (χ1) is 8.04. The van der Waals surface area contributed by atoms with Gasteiger partial charge in [-0.25, -0.2) is 4.39 Å². The lowest BCUT2D eigenvalue weighted by Crippen LogP contribution is -2.31. The van der Waals surface area contributed by atoms with Crippen molar-refractivity contribution in [3.63, 3.8) is 0 Å². The van der Waals surface area contributed by atoms with Gasteiger partial charge in [0.2, 0.25) is 0 Å². The molecule has 0 radical (unpaired) electrons. The zero-order chi connectivity index (χ0) is 12.5. The average Bonchev–Trinajstić information content (AvgIpc) is 3.05. The zero-order valence-electron chi connectivity index (χ0n) is 9.10. The molecule has 5 heteroatoms. The summed E-state index contributed by atoms with van der Waals surface area (Å²) < 4.78 is 13.7. The van der Waals surface area contributed by atoms with E-state index >= 15 is 0 Å². The summed E-state index contributed by atoms with van der Waals surface area (Å²) in [6.07, 6.45) is 2.09. The van der Waals surface area contributed by atoms with E-state index in [0.29, 0.717) is 22.5 Å². The van der Waals surface area contributed by atoms with E-state index in [-0.39, 0.29) is 11.3 Å². The van der Waals surface area contributed by atoms with E-state index in [0.717, 1.165) is 12.8 Å². The van der Waals surface area contributed by atoms with Crippen molar-refractivity contribution in [1.29, 1.82) is 0 Å². The summed E-state index contributed by atoms with van der Waals surface area (Å²) >= 11 is 8.97. The molecule has 1 aromatic carbocycles. The molecule has 1 aliphatic rings. The predicted molar refractivity (Wildman–Crippen MR) is 68.8 cm³/mol. The zero-order valence-corrected chi connectivity index (χ0v) is 11.4. The molecule has 0 saturated heterocycles. The van der Waals surface area contributed by atoms with Gasteiger partial charge >= 0.3 is 0 Å². The molecule has 0 heterocycles. The van der Waals surface area contributed by atoms with Crippen molar-refractivity contribution in [3.8, 4) is 0 Å². The maximum atomic E-state index is 13.1. The number of carbonyl (C=O) groups is 1. The number of halogens is 3. The molecule has 1 aromatic rings. The van der Waals surface area contributed by atoms with Crippen molar-refractivity contribution in [2.45, 2.75) is 12.8 Å². The lowest BCUT2D eigenvalue weighted by Gasteiger charge is -2.12. The third-order valence-corrected chi connectivity index (χ3v) is 4.01. The van der Waals surface area contributed by atoms with Crippen LogP contribution in [0, 0.1) is 11.2 Å². The van der Waals surface area contributed by atoms with Gasteiger partial charge in [-0.3, -0.25) is 4.79 Å². The largest absolute Gasteiger partial charge is 0.351 e. The Hall–Kier alpha value is -0.610. The van der Waals surface area contributed by atoms with Gasteiger partial charge < -0.3 is 5.32 Å². The second-order valence-corrected chi connectivity index (χ2v) is 5.66. The van der Waals surface area contributed by atoms with Gasteiger partial charge in [0.25, 0.3) is 5.91 Å². The first-order valence-corrected chi connectivity index (χ1v) is 6.68. The van der Waals surface area contributed by atoms with Gasteiger partial charge in [0.15, 0.2) is 0 Å². The van der Waals surface area contributed by atoms with Gasteiger partial charge in [0.1, 0.15) is 5.82 Å². The second-order valence-electron chi connectivity index (χ2n) is 4.47. The van der Waals surface area contributed by atoms with Crippen molar-refractivity contribution in [2.24, 2.45) is 5.41 Å². The van der Waals surface area contributed by atoms with Gasteiger partial charge in [0, 0.05) is 27.9 Å². The van der Waals surface area contributed by atoms with E-state index in [1.807, 2.05) is 0 Å². The Morgan fingerprint density at radius 3 is 2.71 bits per heavy atom. The quantitative estimate of drug-likeness (QED) is 0.847. The summed E-state index contributed by atoms with van der Waals surface area (Å²) in [6, 6.07) is 4.14. The number of amides is 1. The highest BCUT2D eigenvalue weighted by atomic mass is 79.9. The highest BCUT2D eigenvalue weighted by Crippen LogP contribution is 2.45. The number of benzene rings is 1. The molecule has 0 bridgehead atoms. The Labute approximate surface area is 113 Å². The van der Waals surface area contributed by atoms with Crippen LogP contribution in [0.5, 0.6) is 0 Å². The van der Waals surface area contributed by atoms with Crippen molar-refractivity contribution >= 4 is 33.4 Å². The minimum atomic E-state index is -0.428. The van der Waals surface area contributed by atoms with Crippen LogP contribution in [0.4, 0.5) is 4.39 Å². The highest BCUT2D eigenvalue weighted by molar-refractivity contribution is 9.10. The van der Waals surface area contributed by atoms with Crippen LogP contribution in [0.25, 0.3) is 0 Å². The lowest BCUT2D eigenvalue weighted by atomic mass is 10.1. The summed E-state index contributed by atoms with van der Waals surface area (Å²) in [6.45, 7) is 0.559. The summed E-state index contributed by atoms with van der Waals surface area (Å²) in [5, 5.41) is 2.80. The molecule has 0 unspecified atom stereocenters. The molecule has 2 rings (SSSR count). The molecule has 1 aliphatic carbocycles. The van der Waals surface area contributed by atoms with E-state index in [1.54, 1.807) is 6.07 Å². The first kappa shape index (κ1) is 12.8. The highest BCUT2D eigenvalue weighted by Gasteiger charge is 2.41. The van der Waals surface area contributed by atoms with E-state index in [9.17, 15) is 9.18 Å². The summed E-state index contributed by atoms with van der Waals surface area (Å²) in [7, 11) is 0. The topological polar surface area (TPSA) is 29.1 Å². The molecule has 1 saturated carbocycles. The Bertz CT molecular complexity index is 428. The van der Waals surface area contributed by atoms with Crippen LogP contribution in [0.1, 0.15) is 23.2 Å². The molecule has 17 heavy (non-hydrogen) atoms. The van der Waals surface area contributed by atoms with Gasteiger partial charge in [-0.15, -0.1) is 11.6 Å². The fourth-order valence-corrected chi connectivity index (χ4v) is 2.42. The van der Waals surface area contributed by atoms with Crippen LogP contribution in [0.2, 0.25) is 0 Å². The van der Waals surface area contributed by atoms with Crippen LogP contribution in [-0.2, 0) is 0 Å². The summed E-state index contributed by atoms with van der Waals surface area (Å²) in [4.78, 5) is 11.8. The van der Waals surface area contributed by atoms with E-state index in [4.69, 9.17) is 11.6 Å². The monoisotopic (exact) mass is 319 g/mol. The number of hydrogen-bond donors (Lipinski definition) is 1. The van der Waals surface area contributed by atoms with Crippen molar-refractivity contribution in [3.05, 3.63) is 34.1 Å². The molecule has 1 N–H and O–H groups in total. The summed E-state index contributed by atoms with van der Waals surface area (Å²) in [5.74, 6) is -0.135. The fourth-order valence-electron chi connectivity index (χ4n) is 1.59. The van der Waals surface area contributed by atoms with Gasteiger partial charge in [-0.1, -0.05) is 15.9 Å². The standard InChI is InChI=1S/C12H12BrClFNO/c13-9-3-8(4-10(15)5-9)11(17)16-7-12(6-14)1-2-12/h3-5H,1-2,6-7H2,(H,16,17). The molecule has 0 aliphatic heterocycles. The number of rotatable bonds is 4. The lowest BCUT2D eigenvalue weighted by molar-refractivity contribution is 0.0946. The second kappa shape index (κ2) is 4.94. The predicted octanol–water partition coefficient (Wildman–Crippen LogP) is 3.34.